The zero-order chi connectivity index (χ0) is 28.8. The number of halogens is 2. The van der Waals surface area contributed by atoms with Crippen LogP contribution in [0.15, 0.2) is 72.9 Å². The van der Waals surface area contributed by atoms with Crippen LogP contribution in [-0.4, -0.2) is 36.4 Å². The number of nitrogens with one attached hydrogen (secondary N) is 2. The van der Waals surface area contributed by atoms with E-state index >= 15 is 0 Å². The Balaban J connectivity index is 1.53. The van der Waals surface area contributed by atoms with Gasteiger partial charge in [-0.05, 0) is 66.9 Å². The standard InChI is InChI=1S/C30H27Cl2N3O5/c1-4-6-20-12-19(14-26(39-3)28(20)40-17-21-9-10-22(31)15-24(21)32)13-25-29(37)35(30(38)34-25)16-27(36)33-23-8-5-7-18(2)11-23/h4-5,7-15H,1,6,16-17H2,2-3H3,(H,33,36)(H,34,38)/b25-13+. The number of nitrogens with zero attached hydrogens (tertiary/aromatic N) is 1. The monoisotopic (exact) mass is 579 g/mol. The summed E-state index contributed by atoms with van der Waals surface area (Å²) in [5.74, 6) is -0.201. The lowest BCUT2D eigenvalue weighted by molar-refractivity contribution is -0.127. The van der Waals surface area contributed by atoms with Crippen LogP contribution in [0.3, 0.4) is 0 Å². The Morgan fingerprint density at radius 2 is 1.90 bits per heavy atom. The summed E-state index contributed by atoms with van der Waals surface area (Å²) in [6.07, 6.45) is 3.68. The number of methoxy groups -OCH3 is 1. The first-order valence-electron chi connectivity index (χ1n) is 12.3. The molecule has 0 radical (unpaired) electrons. The molecule has 0 atom stereocenters. The van der Waals surface area contributed by atoms with Crippen LogP contribution in [0, 0.1) is 6.92 Å². The second-order valence-corrected chi connectivity index (χ2v) is 9.87. The number of urea groups is 1. The van der Waals surface area contributed by atoms with Gasteiger partial charge in [0, 0.05) is 26.9 Å². The number of hydrogen-bond acceptors (Lipinski definition) is 5. The molecule has 1 heterocycles. The fourth-order valence-corrected chi connectivity index (χ4v) is 4.59. The van der Waals surface area contributed by atoms with Gasteiger partial charge < -0.3 is 20.1 Å². The average molecular weight is 580 g/mol. The fraction of sp³-hybridized carbons (Fsp3) is 0.167. The highest BCUT2D eigenvalue weighted by atomic mass is 35.5. The molecule has 0 spiro atoms. The van der Waals surface area contributed by atoms with Crippen LogP contribution in [0.25, 0.3) is 6.08 Å². The molecular formula is C30H27Cl2N3O5. The van der Waals surface area contributed by atoms with Crippen LogP contribution >= 0.6 is 23.2 Å². The minimum Gasteiger partial charge on any atom is -0.493 e. The number of anilines is 1. The van der Waals surface area contributed by atoms with Crippen molar-refractivity contribution in [2.45, 2.75) is 20.0 Å². The van der Waals surface area contributed by atoms with Gasteiger partial charge in [0.05, 0.1) is 7.11 Å². The fourth-order valence-electron chi connectivity index (χ4n) is 4.13. The van der Waals surface area contributed by atoms with Crippen molar-refractivity contribution in [3.05, 3.63) is 105 Å². The summed E-state index contributed by atoms with van der Waals surface area (Å²) < 4.78 is 11.7. The molecule has 0 aromatic heterocycles. The number of aryl methyl sites for hydroxylation is 1. The average Bonchev–Trinajstić information content (AvgIpc) is 3.16. The molecule has 4 amide bonds. The number of hydrogen-bond donors (Lipinski definition) is 2. The third-order valence-corrected chi connectivity index (χ3v) is 6.59. The summed E-state index contributed by atoms with van der Waals surface area (Å²) in [5, 5.41) is 6.24. The molecular weight excluding hydrogens is 553 g/mol. The Bertz CT molecular complexity index is 1520. The second kappa shape index (κ2) is 12.7. The maximum Gasteiger partial charge on any atom is 0.329 e. The van der Waals surface area contributed by atoms with Crippen LogP contribution in [0.4, 0.5) is 10.5 Å². The number of amides is 4. The molecule has 8 nitrogen and oxygen atoms in total. The maximum atomic E-state index is 13.0. The molecule has 1 aliphatic rings. The summed E-state index contributed by atoms with van der Waals surface area (Å²) in [6.45, 7) is 5.46. The molecule has 1 saturated heterocycles. The van der Waals surface area contributed by atoms with E-state index in [2.05, 4.69) is 17.2 Å². The van der Waals surface area contributed by atoms with Gasteiger partial charge in [-0.3, -0.25) is 9.59 Å². The zero-order valence-corrected chi connectivity index (χ0v) is 23.4. The molecule has 0 bridgehead atoms. The first-order chi connectivity index (χ1) is 19.2. The smallest absolute Gasteiger partial charge is 0.329 e. The first-order valence-corrected chi connectivity index (χ1v) is 13.0. The number of rotatable bonds is 10. The summed E-state index contributed by atoms with van der Waals surface area (Å²) in [5.41, 5.74) is 3.65. The van der Waals surface area contributed by atoms with Crippen molar-refractivity contribution in [1.29, 1.82) is 0 Å². The summed E-state index contributed by atoms with van der Waals surface area (Å²) in [4.78, 5) is 38.9. The highest BCUT2D eigenvalue weighted by Gasteiger charge is 2.35. The number of ether oxygens (including phenoxy) is 2. The number of carbonyl (C=O) groups is 3. The van der Waals surface area contributed by atoms with Gasteiger partial charge in [-0.15, -0.1) is 6.58 Å². The van der Waals surface area contributed by atoms with Crippen LogP contribution in [-0.2, 0) is 22.6 Å². The van der Waals surface area contributed by atoms with Gasteiger partial charge in [-0.1, -0.05) is 47.5 Å². The molecule has 2 N–H and O–H groups in total. The number of allylic oxidation sites excluding steroid dienone is 1. The highest BCUT2D eigenvalue weighted by Crippen LogP contribution is 2.36. The van der Waals surface area contributed by atoms with Gasteiger partial charge >= 0.3 is 6.03 Å². The van der Waals surface area contributed by atoms with Gasteiger partial charge in [0.15, 0.2) is 11.5 Å². The van der Waals surface area contributed by atoms with E-state index in [0.29, 0.717) is 39.2 Å². The summed E-state index contributed by atoms with van der Waals surface area (Å²) in [6, 6.07) is 15.2. The quantitative estimate of drug-likeness (QED) is 0.170. The van der Waals surface area contributed by atoms with Gasteiger partial charge in [0.1, 0.15) is 18.8 Å². The molecule has 0 aliphatic carbocycles. The number of carbonyl (C=O) groups excluding carboxylic acids is 3. The summed E-state index contributed by atoms with van der Waals surface area (Å²) >= 11 is 12.3. The van der Waals surface area contributed by atoms with E-state index in [-0.39, 0.29) is 12.3 Å². The number of benzene rings is 3. The Hall–Kier alpha value is -4.27. The lowest BCUT2D eigenvalue weighted by atomic mass is 10.0. The molecule has 3 aromatic carbocycles. The minimum atomic E-state index is -0.686. The van der Waals surface area contributed by atoms with E-state index < -0.39 is 24.4 Å². The Kier molecular flexibility index (Phi) is 9.14. The van der Waals surface area contributed by atoms with Crippen LogP contribution in [0.5, 0.6) is 11.5 Å². The second-order valence-electron chi connectivity index (χ2n) is 9.03. The third-order valence-electron chi connectivity index (χ3n) is 6.00. The Morgan fingerprint density at radius 3 is 2.60 bits per heavy atom. The van der Waals surface area contributed by atoms with E-state index in [1.807, 2.05) is 19.1 Å². The molecule has 0 saturated carbocycles. The number of imide groups is 1. The molecule has 40 heavy (non-hydrogen) atoms. The molecule has 206 valence electrons. The van der Waals surface area contributed by atoms with Crippen LogP contribution in [0.2, 0.25) is 10.0 Å². The van der Waals surface area contributed by atoms with Crippen LogP contribution < -0.4 is 20.1 Å². The van der Waals surface area contributed by atoms with E-state index in [4.69, 9.17) is 32.7 Å². The SMILES string of the molecule is C=CCc1cc(/C=C2/NC(=O)N(CC(=O)Nc3cccc(C)c3)C2=O)cc(OC)c1OCc1ccc(Cl)cc1Cl. The first kappa shape index (κ1) is 28.7. The van der Waals surface area contributed by atoms with E-state index in [9.17, 15) is 14.4 Å². The van der Waals surface area contributed by atoms with Crippen molar-refractivity contribution in [2.24, 2.45) is 0 Å². The van der Waals surface area contributed by atoms with Crippen molar-refractivity contribution < 1.29 is 23.9 Å². The third kappa shape index (κ3) is 6.83. The maximum absolute atomic E-state index is 13.0. The predicted octanol–water partition coefficient (Wildman–Crippen LogP) is 6.15. The zero-order valence-electron chi connectivity index (χ0n) is 21.9. The largest absolute Gasteiger partial charge is 0.493 e. The van der Waals surface area contributed by atoms with Gasteiger partial charge in [-0.2, -0.15) is 0 Å². The van der Waals surface area contributed by atoms with Gasteiger partial charge in [0.2, 0.25) is 5.91 Å². The summed E-state index contributed by atoms with van der Waals surface area (Å²) in [7, 11) is 1.50. The highest BCUT2D eigenvalue weighted by molar-refractivity contribution is 6.35. The topological polar surface area (TPSA) is 97.0 Å². The molecule has 1 fully saturated rings. The predicted molar refractivity (Wildman–Crippen MR) is 156 cm³/mol. The van der Waals surface area contributed by atoms with Crippen molar-refractivity contribution in [1.82, 2.24) is 10.2 Å². The minimum absolute atomic E-state index is 0.0292. The molecule has 1 aliphatic heterocycles. The lowest BCUT2D eigenvalue weighted by Gasteiger charge is -2.16. The van der Waals surface area contributed by atoms with Crippen molar-refractivity contribution in [3.8, 4) is 11.5 Å². The molecule has 3 aromatic rings. The van der Waals surface area contributed by atoms with Crippen molar-refractivity contribution in [3.63, 3.8) is 0 Å². The van der Waals surface area contributed by atoms with Crippen molar-refractivity contribution in [2.75, 3.05) is 19.0 Å². The van der Waals surface area contributed by atoms with Crippen molar-refractivity contribution >= 4 is 52.8 Å². The van der Waals surface area contributed by atoms with Crippen LogP contribution in [0.1, 0.15) is 22.3 Å². The van der Waals surface area contributed by atoms with Gasteiger partial charge in [0.25, 0.3) is 5.91 Å². The van der Waals surface area contributed by atoms with Gasteiger partial charge in [-0.25, -0.2) is 9.69 Å². The lowest BCUT2D eigenvalue weighted by Crippen LogP contribution is -2.38. The van der Waals surface area contributed by atoms with E-state index in [1.54, 1.807) is 48.5 Å². The van der Waals surface area contributed by atoms with E-state index in [1.165, 1.54) is 13.2 Å². The van der Waals surface area contributed by atoms with E-state index in [0.717, 1.165) is 21.6 Å². The Labute approximate surface area is 242 Å². The Morgan fingerprint density at radius 1 is 1.10 bits per heavy atom. The molecule has 4 rings (SSSR count). The molecule has 0 unspecified atom stereocenters. The molecule has 10 heteroatoms. The normalized spacial score (nSPS) is 13.8.